The van der Waals surface area contributed by atoms with Crippen LogP contribution in [0.15, 0.2) is 46.9 Å². The third kappa shape index (κ3) is 2.76. The first-order chi connectivity index (χ1) is 10.6. The zero-order valence-electron chi connectivity index (χ0n) is 11.8. The van der Waals surface area contributed by atoms with Gasteiger partial charge in [-0.3, -0.25) is 9.59 Å². The van der Waals surface area contributed by atoms with Gasteiger partial charge in [0.15, 0.2) is 0 Å². The number of hydrogen-bond acceptors (Lipinski definition) is 4. The molecule has 0 saturated carbocycles. The lowest BCUT2D eigenvalue weighted by Gasteiger charge is -2.09. The number of halogens is 1. The first-order valence-corrected chi connectivity index (χ1v) is 7.54. The van der Waals surface area contributed by atoms with E-state index < -0.39 is 5.92 Å². The molecule has 0 aromatic heterocycles. The van der Waals surface area contributed by atoms with E-state index in [9.17, 15) is 9.59 Å². The van der Waals surface area contributed by atoms with Crippen molar-refractivity contribution in [2.75, 3.05) is 7.11 Å². The van der Waals surface area contributed by atoms with Gasteiger partial charge in [-0.15, -0.1) is 0 Å². The molecule has 4 nitrogen and oxygen atoms in total. The van der Waals surface area contributed by atoms with E-state index in [-0.39, 0.29) is 18.4 Å². The van der Waals surface area contributed by atoms with Crippen LogP contribution in [0.2, 0.25) is 0 Å². The quantitative estimate of drug-likeness (QED) is 0.622. The summed E-state index contributed by atoms with van der Waals surface area (Å²) in [4.78, 5) is 23.6. The fourth-order valence-electron chi connectivity index (χ4n) is 2.53. The van der Waals surface area contributed by atoms with Crippen LogP contribution in [0.25, 0.3) is 0 Å². The van der Waals surface area contributed by atoms with Gasteiger partial charge in [0, 0.05) is 10.0 Å². The molecule has 1 aliphatic heterocycles. The highest BCUT2D eigenvalue weighted by Gasteiger charge is 2.34. The second kappa shape index (κ2) is 5.93. The molecular formula is C17H13BrO4. The highest BCUT2D eigenvalue weighted by atomic mass is 79.9. The average molecular weight is 361 g/mol. The number of esters is 2. The molecule has 1 unspecified atom stereocenters. The maximum Gasteiger partial charge on any atom is 0.323 e. The van der Waals surface area contributed by atoms with Crippen molar-refractivity contribution in [1.82, 2.24) is 0 Å². The number of benzene rings is 2. The van der Waals surface area contributed by atoms with Gasteiger partial charge >= 0.3 is 11.9 Å². The Morgan fingerprint density at radius 3 is 2.64 bits per heavy atom. The summed E-state index contributed by atoms with van der Waals surface area (Å²) in [7, 11) is 1.35. The molecule has 0 amide bonds. The summed E-state index contributed by atoms with van der Waals surface area (Å²) in [5, 5.41) is 0. The van der Waals surface area contributed by atoms with Crippen molar-refractivity contribution in [2.45, 2.75) is 12.3 Å². The number of ether oxygens (including phenoxy) is 2. The number of rotatable bonds is 3. The molecule has 2 aromatic rings. The van der Waals surface area contributed by atoms with E-state index in [1.165, 1.54) is 7.11 Å². The van der Waals surface area contributed by atoms with Crippen LogP contribution in [0.4, 0.5) is 0 Å². The molecule has 5 heteroatoms. The van der Waals surface area contributed by atoms with Crippen LogP contribution in [-0.2, 0) is 20.7 Å². The van der Waals surface area contributed by atoms with Crippen molar-refractivity contribution in [3.8, 4) is 5.75 Å². The molecule has 112 valence electrons. The van der Waals surface area contributed by atoms with Gasteiger partial charge < -0.3 is 9.47 Å². The number of hydrogen-bond donors (Lipinski definition) is 0. The maximum atomic E-state index is 12.2. The van der Waals surface area contributed by atoms with Crippen molar-refractivity contribution in [3.63, 3.8) is 0 Å². The van der Waals surface area contributed by atoms with Gasteiger partial charge in [0.05, 0.1) is 13.5 Å². The van der Waals surface area contributed by atoms with Crippen LogP contribution in [0.5, 0.6) is 5.75 Å². The summed E-state index contributed by atoms with van der Waals surface area (Å²) >= 11 is 3.38. The second-order valence-corrected chi connectivity index (χ2v) is 5.95. The third-order valence-electron chi connectivity index (χ3n) is 3.61. The second-order valence-electron chi connectivity index (χ2n) is 5.03. The molecule has 0 N–H and O–H groups in total. The molecule has 0 bridgehead atoms. The van der Waals surface area contributed by atoms with Crippen LogP contribution in [0.1, 0.15) is 22.6 Å². The average Bonchev–Trinajstić information content (AvgIpc) is 2.83. The van der Waals surface area contributed by atoms with E-state index in [0.717, 1.165) is 21.2 Å². The zero-order chi connectivity index (χ0) is 15.7. The fourth-order valence-corrected chi connectivity index (χ4v) is 2.79. The monoisotopic (exact) mass is 360 g/mol. The number of fused-ring (bicyclic) bond motifs is 1. The lowest BCUT2D eigenvalue weighted by molar-refractivity contribution is -0.139. The van der Waals surface area contributed by atoms with Gasteiger partial charge in [-0.2, -0.15) is 0 Å². The largest absolute Gasteiger partial charge is 0.469 e. The number of carbonyl (C=O) groups excluding carboxylic acids is 2. The van der Waals surface area contributed by atoms with Crippen LogP contribution in [-0.4, -0.2) is 19.0 Å². The third-order valence-corrected chi connectivity index (χ3v) is 4.14. The molecule has 22 heavy (non-hydrogen) atoms. The van der Waals surface area contributed by atoms with Crippen molar-refractivity contribution in [2.24, 2.45) is 0 Å². The van der Waals surface area contributed by atoms with Crippen molar-refractivity contribution >= 4 is 27.9 Å². The van der Waals surface area contributed by atoms with E-state index in [2.05, 4.69) is 20.7 Å². The van der Waals surface area contributed by atoms with E-state index in [1.807, 2.05) is 30.3 Å². The van der Waals surface area contributed by atoms with E-state index >= 15 is 0 Å². The van der Waals surface area contributed by atoms with Gasteiger partial charge in [0.2, 0.25) is 0 Å². The Bertz CT molecular complexity index is 737. The van der Waals surface area contributed by atoms with Crippen LogP contribution >= 0.6 is 15.9 Å². The summed E-state index contributed by atoms with van der Waals surface area (Å²) in [6, 6.07) is 12.9. The standard InChI is InChI=1S/C17H13BrO4/c1-21-15(19)9-10-2-7-14-13(8-10)16(17(20)22-14)11-3-5-12(18)6-4-11/h2-8,16H,9H2,1H3. The fraction of sp³-hybridized carbons (Fsp3) is 0.176. The Morgan fingerprint density at radius 2 is 1.95 bits per heavy atom. The number of carbonyl (C=O) groups is 2. The van der Waals surface area contributed by atoms with Gasteiger partial charge in [-0.05, 0) is 29.3 Å². The Balaban J connectivity index is 1.98. The van der Waals surface area contributed by atoms with Gasteiger partial charge in [-0.25, -0.2) is 0 Å². The lowest BCUT2D eigenvalue weighted by atomic mass is 9.91. The van der Waals surface area contributed by atoms with E-state index in [4.69, 9.17) is 4.74 Å². The lowest BCUT2D eigenvalue weighted by Crippen LogP contribution is -2.11. The zero-order valence-corrected chi connectivity index (χ0v) is 13.4. The van der Waals surface area contributed by atoms with Gasteiger partial charge in [0.1, 0.15) is 11.7 Å². The topological polar surface area (TPSA) is 52.6 Å². The minimum absolute atomic E-state index is 0.172. The molecule has 1 aliphatic rings. The van der Waals surface area contributed by atoms with Crippen LogP contribution in [0.3, 0.4) is 0 Å². The Hall–Kier alpha value is -2.14. The molecule has 0 aliphatic carbocycles. The Morgan fingerprint density at radius 1 is 1.23 bits per heavy atom. The minimum Gasteiger partial charge on any atom is -0.469 e. The smallest absolute Gasteiger partial charge is 0.323 e. The molecule has 0 radical (unpaired) electrons. The Labute approximate surface area is 136 Å². The predicted molar refractivity (Wildman–Crippen MR) is 83.8 cm³/mol. The van der Waals surface area contributed by atoms with Crippen molar-refractivity contribution in [3.05, 3.63) is 63.6 Å². The predicted octanol–water partition coefficient (Wildman–Crippen LogP) is 3.22. The molecule has 3 rings (SSSR count). The summed E-state index contributed by atoms with van der Waals surface area (Å²) < 4.78 is 10.9. The Kier molecular flexibility index (Phi) is 3.98. The van der Waals surface area contributed by atoms with Gasteiger partial charge in [-0.1, -0.05) is 40.2 Å². The van der Waals surface area contributed by atoms with E-state index in [1.54, 1.807) is 12.1 Å². The van der Waals surface area contributed by atoms with Crippen LogP contribution < -0.4 is 4.74 Å². The SMILES string of the molecule is COC(=O)Cc1ccc2c(c1)C(c1ccc(Br)cc1)C(=O)O2. The summed E-state index contributed by atoms with van der Waals surface area (Å²) in [6.45, 7) is 0. The summed E-state index contributed by atoms with van der Waals surface area (Å²) in [5.74, 6) is -0.523. The first kappa shape index (κ1) is 14.8. The molecule has 2 aromatic carbocycles. The molecular weight excluding hydrogens is 348 g/mol. The summed E-state index contributed by atoms with van der Waals surface area (Å²) in [6.07, 6.45) is 0.172. The first-order valence-electron chi connectivity index (χ1n) is 6.75. The van der Waals surface area contributed by atoms with Crippen molar-refractivity contribution < 1.29 is 19.1 Å². The normalized spacial score (nSPS) is 16.1. The molecule has 1 heterocycles. The molecule has 1 atom stereocenters. The minimum atomic E-state index is -0.458. The molecule has 0 fully saturated rings. The summed E-state index contributed by atoms with van der Waals surface area (Å²) in [5.41, 5.74) is 2.45. The number of methoxy groups -OCH3 is 1. The van der Waals surface area contributed by atoms with Gasteiger partial charge in [0.25, 0.3) is 0 Å². The molecule has 0 spiro atoms. The molecule has 0 saturated heterocycles. The maximum absolute atomic E-state index is 12.2. The van der Waals surface area contributed by atoms with Crippen LogP contribution in [0, 0.1) is 0 Å². The van der Waals surface area contributed by atoms with E-state index in [0.29, 0.717) is 5.75 Å². The van der Waals surface area contributed by atoms with Crippen molar-refractivity contribution in [1.29, 1.82) is 0 Å². The highest BCUT2D eigenvalue weighted by Crippen LogP contribution is 2.39. The highest BCUT2D eigenvalue weighted by molar-refractivity contribution is 9.10.